The largest absolute Gasteiger partial charge is 0.459 e. The number of aromatic nitrogens is 1. The summed E-state index contributed by atoms with van der Waals surface area (Å²) in [6.45, 7) is 6.08. The summed E-state index contributed by atoms with van der Waals surface area (Å²) in [5, 5.41) is 3.68. The summed E-state index contributed by atoms with van der Waals surface area (Å²) in [6, 6.07) is 23.2. The zero-order valence-electron chi connectivity index (χ0n) is 23.2. The topological polar surface area (TPSA) is 98.2 Å². The number of hydrogen-bond donors (Lipinski definition) is 2. The number of nitrogens with zero attached hydrogens (tertiary/aromatic N) is 1. The molecule has 0 fully saturated rings. The van der Waals surface area contributed by atoms with Crippen molar-refractivity contribution in [3.05, 3.63) is 108 Å². The molecule has 1 amide bonds. The predicted octanol–water partition coefficient (Wildman–Crippen LogP) is 7.37. The summed E-state index contributed by atoms with van der Waals surface area (Å²) in [5.74, 6) is 0.945. The molecule has 0 aliphatic rings. The molecule has 1 atom stereocenters. The van der Waals surface area contributed by atoms with Crippen LogP contribution in [-0.2, 0) is 22.1 Å². The first-order chi connectivity index (χ1) is 19.9. The highest BCUT2D eigenvalue weighted by molar-refractivity contribution is 7.85. The molecule has 2 heterocycles. The monoisotopic (exact) mass is 569 g/mol. The molecule has 0 bridgehead atoms. The number of halogens is 1. The molecule has 1 unspecified atom stereocenters. The van der Waals surface area contributed by atoms with Gasteiger partial charge in [0, 0.05) is 33.9 Å². The molecule has 0 saturated heterocycles. The lowest BCUT2D eigenvalue weighted by molar-refractivity contribution is -0.116. The third-order valence-electron chi connectivity index (χ3n) is 6.21. The molecule has 0 spiro atoms. The van der Waals surface area contributed by atoms with Crippen LogP contribution >= 0.6 is 0 Å². The fraction of sp³-hybridized carbons (Fsp3) is 0.152. The van der Waals surface area contributed by atoms with Crippen molar-refractivity contribution in [2.24, 2.45) is 0 Å². The summed E-state index contributed by atoms with van der Waals surface area (Å²) in [5.41, 5.74) is 10.5. The maximum absolute atomic E-state index is 13.7. The Labute approximate surface area is 241 Å². The average Bonchev–Trinajstić information content (AvgIpc) is 3.43. The number of carbonyl (C=O) groups is 1. The van der Waals surface area contributed by atoms with Crippen molar-refractivity contribution in [3.8, 4) is 22.3 Å². The molecular weight excluding hydrogens is 537 g/mol. The Bertz CT molecular complexity index is 1680. The van der Waals surface area contributed by atoms with E-state index in [1.165, 1.54) is 18.2 Å². The second-order valence-corrected chi connectivity index (χ2v) is 10.6. The van der Waals surface area contributed by atoms with Crippen LogP contribution in [0.4, 0.5) is 10.2 Å². The van der Waals surface area contributed by atoms with Gasteiger partial charge in [0.15, 0.2) is 0 Å². The lowest BCUT2D eigenvalue weighted by Gasteiger charge is -2.09. The van der Waals surface area contributed by atoms with Gasteiger partial charge in [-0.05, 0) is 82.9 Å². The van der Waals surface area contributed by atoms with Crippen LogP contribution in [0.2, 0.25) is 0 Å². The van der Waals surface area contributed by atoms with Crippen molar-refractivity contribution < 1.29 is 17.8 Å². The molecule has 0 saturated carbocycles. The van der Waals surface area contributed by atoms with Crippen molar-refractivity contribution in [2.45, 2.75) is 32.2 Å². The Kier molecular flexibility index (Phi) is 9.81. The summed E-state index contributed by atoms with van der Waals surface area (Å²) in [7, 11) is -1.03. The number of rotatable bonds is 8. The van der Waals surface area contributed by atoms with Crippen LogP contribution in [0, 0.1) is 5.82 Å². The summed E-state index contributed by atoms with van der Waals surface area (Å²) in [6.07, 6.45) is 4.66. The van der Waals surface area contributed by atoms with Crippen molar-refractivity contribution in [2.75, 3.05) is 11.5 Å². The van der Waals surface area contributed by atoms with Crippen LogP contribution in [-0.4, -0.2) is 20.9 Å². The molecule has 0 radical (unpaired) electrons. The van der Waals surface area contributed by atoms with Crippen LogP contribution < -0.4 is 11.1 Å². The summed E-state index contributed by atoms with van der Waals surface area (Å²) < 4.78 is 32.0. The van der Waals surface area contributed by atoms with Crippen LogP contribution in [0.3, 0.4) is 0 Å². The van der Waals surface area contributed by atoms with E-state index in [9.17, 15) is 13.4 Å². The van der Waals surface area contributed by atoms with E-state index in [4.69, 9.17) is 10.2 Å². The van der Waals surface area contributed by atoms with Gasteiger partial charge in [0.2, 0.25) is 5.91 Å². The predicted molar refractivity (Wildman–Crippen MR) is 165 cm³/mol. The van der Waals surface area contributed by atoms with Crippen molar-refractivity contribution in [3.63, 3.8) is 0 Å². The number of carbonyl (C=O) groups excluding carboxylic acids is 1. The average molecular weight is 570 g/mol. The Balaban J connectivity index is 0.00000189. The first-order valence-electron chi connectivity index (χ1n) is 13.4. The minimum Gasteiger partial charge on any atom is -0.459 e. The molecule has 3 N–H and O–H groups in total. The van der Waals surface area contributed by atoms with Gasteiger partial charge in [0.05, 0.1) is 17.3 Å². The first kappa shape index (κ1) is 29.4. The highest BCUT2D eigenvalue weighted by Gasteiger charge is 2.14. The number of hydrogen-bond acceptors (Lipinski definition) is 5. The van der Waals surface area contributed by atoms with Crippen molar-refractivity contribution in [1.29, 1.82) is 0 Å². The van der Waals surface area contributed by atoms with Gasteiger partial charge in [-0.2, -0.15) is 0 Å². The molecular formula is C33H32FN3O3S. The molecule has 3 aromatic carbocycles. The number of amides is 1. The highest BCUT2D eigenvalue weighted by atomic mass is 32.2. The van der Waals surface area contributed by atoms with Crippen LogP contribution in [0.25, 0.3) is 39.3 Å². The molecule has 5 aromatic rings. The van der Waals surface area contributed by atoms with Gasteiger partial charge in [-0.3, -0.25) is 9.00 Å². The second kappa shape index (κ2) is 13.7. The van der Waals surface area contributed by atoms with Crippen LogP contribution in [0.1, 0.15) is 32.1 Å². The molecule has 5 rings (SSSR count). The maximum atomic E-state index is 13.7. The quantitative estimate of drug-likeness (QED) is 0.190. The van der Waals surface area contributed by atoms with E-state index in [-0.39, 0.29) is 18.3 Å². The summed E-state index contributed by atoms with van der Waals surface area (Å²) >= 11 is 0. The maximum Gasteiger partial charge on any atom is 0.244 e. The molecule has 210 valence electrons. The molecule has 6 nitrogen and oxygen atoms in total. The third-order valence-corrected chi connectivity index (χ3v) is 7.53. The van der Waals surface area contributed by atoms with E-state index in [0.717, 1.165) is 38.1 Å². The van der Waals surface area contributed by atoms with Gasteiger partial charge in [0.25, 0.3) is 0 Å². The second-order valence-electron chi connectivity index (χ2n) is 8.89. The van der Waals surface area contributed by atoms with E-state index < -0.39 is 10.8 Å². The number of nitrogens with two attached hydrogens (primary N) is 1. The van der Waals surface area contributed by atoms with Crippen molar-refractivity contribution >= 4 is 39.6 Å². The lowest BCUT2D eigenvalue weighted by Crippen LogP contribution is -2.19. The Morgan fingerprint density at radius 3 is 2.34 bits per heavy atom. The fourth-order valence-electron chi connectivity index (χ4n) is 4.19. The zero-order chi connectivity index (χ0) is 29.4. The lowest BCUT2D eigenvalue weighted by atomic mass is 9.97. The minimum atomic E-state index is -1.03. The van der Waals surface area contributed by atoms with Gasteiger partial charge in [0.1, 0.15) is 23.0 Å². The SMILES string of the molecule is CC.CCS(=O)c1ccc(-c2cc(-c3ccc(F)cc3)c3oc(CNC(=O)/C=C/c4ccc(N)nc4)cc3c2)cc1. The number of pyridine rings is 1. The number of nitrogen functional groups attached to an aromatic ring is 1. The van der Waals surface area contributed by atoms with E-state index in [0.29, 0.717) is 22.9 Å². The van der Waals surface area contributed by atoms with Gasteiger partial charge >= 0.3 is 0 Å². The minimum absolute atomic E-state index is 0.188. The van der Waals surface area contributed by atoms with E-state index >= 15 is 0 Å². The number of fused-ring (bicyclic) bond motifs is 1. The molecule has 41 heavy (non-hydrogen) atoms. The fourth-order valence-corrected chi connectivity index (χ4v) is 4.96. The molecule has 0 aliphatic heterocycles. The Hall–Kier alpha value is -4.56. The molecule has 0 aliphatic carbocycles. The first-order valence-corrected chi connectivity index (χ1v) is 14.7. The van der Waals surface area contributed by atoms with Crippen molar-refractivity contribution in [1.82, 2.24) is 10.3 Å². The highest BCUT2D eigenvalue weighted by Crippen LogP contribution is 2.36. The number of nitrogens with one attached hydrogen (secondary N) is 1. The van der Waals surface area contributed by atoms with E-state index in [2.05, 4.69) is 10.3 Å². The van der Waals surface area contributed by atoms with Gasteiger partial charge in [-0.1, -0.05) is 45.0 Å². The van der Waals surface area contributed by atoms with Gasteiger partial charge < -0.3 is 15.5 Å². The zero-order valence-corrected chi connectivity index (χ0v) is 24.0. The Morgan fingerprint density at radius 1 is 0.976 bits per heavy atom. The Morgan fingerprint density at radius 2 is 1.68 bits per heavy atom. The smallest absolute Gasteiger partial charge is 0.244 e. The summed E-state index contributed by atoms with van der Waals surface area (Å²) in [4.78, 5) is 17.2. The number of anilines is 1. The third kappa shape index (κ3) is 7.35. The molecule has 2 aromatic heterocycles. The van der Waals surface area contributed by atoms with Gasteiger partial charge in [-0.15, -0.1) is 0 Å². The number of benzene rings is 3. The normalized spacial score (nSPS) is 11.7. The van der Waals surface area contributed by atoms with E-state index in [1.807, 2.05) is 63.2 Å². The standard InChI is InChI=1S/C31H26FN3O3S.C2H6/c1-2-39(37)27-11-7-21(8-12-27)23-15-24-16-26(19-35-30(36)14-4-20-3-13-29(33)34-18-20)38-31(24)28(17-23)22-5-9-25(32)10-6-22;1-2/h3-18H,2,19H2,1H3,(H2,33,34)(H,35,36);1-2H3/b14-4+;. The van der Waals surface area contributed by atoms with E-state index in [1.54, 1.807) is 36.5 Å². The van der Waals surface area contributed by atoms with Gasteiger partial charge in [-0.25, -0.2) is 9.37 Å². The number of furan rings is 1. The van der Waals surface area contributed by atoms with Crippen LogP contribution in [0.15, 0.2) is 100 Å². The molecule has 8 heteroatoms. The van der Waals surface area contributed by atoms with Crippen LogP contribution in [0.5, 0.6) is 0 Å².